The number of fused-ring (bicyclic) bond motifs is 1. The van der Waals surface area contributed by atoms with E-state index in [1.165, 1.54) is 0 Å². The van der Waals surface area contributed by atoms with E-state index >= 15 is 0 Å². The highest BCUT2D eigenvalue weighted by atomic mass is 16.6. The maximum Gasteiger partial charge on any atom is 0.249 e. The van der Waals surface area contributed by atoms with Gasteiger partial charge in [-0.15, -0.1) is 5.10 Å². The highest BCUT2D eigenvalue weighted by Gasteiger charge is 2.12. The molecule has 1 aliphatic rings. The van der Waals surface area contributed by atoms with Crippen molar-refractivity contribution in [2.75, 3.05) is 30.5 Å². The standard InChI is InChI=1S/C19H19N5O3/c1-2-25-15-6-4-3-5-14(15)22-19-23-18(12-20-24-19)21-13-7-8-16-17(11-13)27-10-9-26-16/h3-8,11-12H,2,9-10H2,1H3,(H2,21,22,23,24). The van der Waals surface area contributed by atoms with Gasteiger partial charge in [0.2, 0.25) is 5.95 Å². The van der Waals surface area contributed by atoms with E-state index in [2.05, 4.69) is 25.8 Å². The van der Waals surface area contributed by atoms with Gasteiger partial charge in [-0.3, -0.25) is 0 Å². The van der Waals surface area contributed by atoms with E-state index in [0.29, 0.717) is 37.3 Å². The molecule has 0 aliphatic carbocycles. The third kappa shape index (κ3) is 4.00. The van der Waals surface area contributed by atoms with Crippen LogP contribution in [-0.4, -0.2) is 35.0 Å². The summed E-state index contributed by atoms with van der Waals surface area (Å²) in [4.78, 5) is 4.45. The second kappa shape index (κ2) is 7.77. The number of nitrogens with one attached hydrogen (secondary N) is 2. The smallest absolute Gasteiger partial charge is 0.249 e. The SMILES string of the molecule is CCOc1ccccc1Nc1nncc(Nc2ccc3c(c2)OCCO3)n1. The lowest BCUT2D eigenvalue weighted by atomic mass is 10.2. The Morgan fingerprint density at radius 1 is 1.04 bits per heavy atom. The first-order valence-electron chi connectivity index (χ1n) is 8.67. The predicted octanol–water partition coefficient (Wildman–Crippen LogP) is 3.53. The molecular weight excluding hydrogens is 346 g/mol. The number of aromatic nitrogens is 3. The van der Waals surface area contributed by atoms with Crippen LogP contribution in [0.5, 0.6) is 17.2 Å². The molecule has 138 valence electrons. The zero-order valence-electron chi connectivity index (χ0n) is 14.8. The Labute approximate surface area is 156 Å². The number of ether oxygens (including phenoxy) is 3. The third-order valence-electron chi connectivity index (χ3n) is 3.81. The van der Waals surface area contributed by atoms with Crippen LogP contribution in [0.2, 0.25) is 0 Å². The molecule has 3 aromatic rings. The summed E-state index contributed by atoms with van der Waals surface area (Å²) < 4.78 is 16.7. The third-order valence-corrected chi connectivity index (χ3v) is 3.81. The molecule has 2 heterocycles. The van der Waals surface area contributed by atoms with E-state index in [4.69, 9.17) is 14.2 Å². The van der Waals surface area contributed by atoms with Crippen LogP contribution >= 0.6 is 0 Å². The van der Waals surface area contributed by atoms with E-state index in [9.17, 15) is 0 Å². The Morgan fingerprint density at radius 3 is 2.78 bits per heavy atom. The molecule has 8 nitrogen and oxygen atoms in total. The van der Waals surface area contributed by atoms with Crippen LogP contribution in [0.1, 0.15) is 6.92 Å². The minimum absolute atomic E-state index is 0.365. The largest absolute Gasteiger partial charge is 0.492 e. The predicted molar refractivity (Wildman–Crippen MR) is 101 cm³/mol. The summed E-state index contributed by atoms with van der Waals surface area (Å²) >= 11 is 0. The van der Waals surface area contributed by atoms with Gasteiger partial charge in [0.15, 0.2) is 17.3 Å². The van der Waals surface area contributed by atoms with Gasteiger partial charge in [-0.05, 0) is 31.2 Å². The fourth-order valence-corrected chi connectivity index (χ4v) is 2.66. The molecule has 0 radical (unpaired) electrons. The van der Waals surface area contributed by atoms with Crippen LogP contribution in [-0.2, 0) is 0 Å². The van der Waals surface area contributed by atoms with E-state index in [1.54, 1.807) is 6.20 Å². The van der Waals surface area contributed by atoms with Crippen LogP contribution < -0.4 is 24.8 Å². The number of hydrogen-bond donors (Lipinski definition) is 2. The average Bonchev–Trinajstić information content (AvgIpc) is 2.70. The van der Waals surface area contributed by atoms with Gasteiger partial charge in [-0.1, -0.05) is 12.1 Å². The van der Waals surface area contributed by atoms with E-state index in [0.717, 1.165) is 22.9 Å². The van der Waals surface area contributed by atoms with E-state index < -0.39 is 0 Å². The lowest BCUT2D eigenvalue weighted by Crippen LogP contribution is -2.15. The summed E-state index contributed by atoms with van der Waals surface area (Å²) in [5.41, 5.74) is 1.60. The van der Waals surface area contributed by atoms with E-state index in [1.807, 2.05) is 49.4 Å². The molecule has 4 rings (SSSR count). The number of benzene rings is 2. The van der Waals surface area contributed by atoms with Crippen molar-refractivity contribution in [1.82, 2.24) is 15.2 Å². The minimum Gasteiger partial charge on any atom is -0.492 e. The topological polar surface area (TPSA) is 90.4 Å². The Kier molecular flexibility index (Phi) is 4.86. The first-order chi connectivity index (χ1) is 13.3. The number of para-hydroxylation sites is 2. The average molecular weight is 365 g/mol. The minimum atomic E-state index is 0.365. The second-order valence-corrected chi connectivity index (χ2v) is 5.70. The highest BCUT2D eigenvalue weighted by Crippen LogP contribution is 2.33. The maximum atomic E-state index is 5.61. The molecule has 0 atom stereocenters. The van der Waals surface area contributed by atoms with E-state index in [-0.39, 0.29) is 0 Å². The number of nitrogens with zero attached hydrogens (tertiary/aromatic N) is 3. The maximum absolute atomic E-state index is 5.61. The van der Waals surface area contributed by atoms with Crippen LogP contribution in [0.3, 0.4) is 0 Å². The van der Waals surface area contributed by atoms with Crippen LogP contribution in [0.25, 0.3) is 0 Å². The molecular formula is C19H19N5O3. The van der Waals surface area contributed by atoms with Crippen molar-refractivity contribution >= 4 is 23.1 Å². The van der Waals surface area contributed by atoms with Gasteiger partial charge in [-0.25, -0.2) is 0 Å². The van der Waals surface area contributed by atoms with Crippen molar-refractivity contribution in [3.63, 3.8) is 0 Å². The van der Waals surface area contributed by atoms with Crippen molar-refractivity contribution in [2.45, 2.75) is 6.92 Å². The van der Waals surface area contributed by atoms with Gasteiger partial charge >= 0.3 is 0 Å². The van der Waals surface area contributed by atoms with Crippen LogP contribution in [0.4, 0.5) is 23.1 Å². The van der Waals surface area contributed by atoms with Crippen molar-refractivity contribution in [2.24, 2.45) is 0 Å². The number of hydrogen-bond acceptors (Lipinski definition) is 8. The molecule has 0 saturated heterocycles. The lowest BCUT2D eigenvalue weighted by Gasteiger charge is -2.19. The number of rotatable bonds is 6. The van der Waals surface area contributed by atoms with Gasteiger partial charge in [0.05, 0.1) is 18.5 Å². The summed E-state index contributed by atoms with van der Waals surface area (Å²) in [6.45, 7) is 3.61. The summed E-state index contributed by atoms with van der Waals surface area (Å²) in [7, 11) is 0. The van der Waals surface area contributed by atoms with Crippen molar-refractivity contribution < 1.29 is 14.2 Å². The normalized spacial score (nSPS) is 12.3. The Balaban J connectivity index is 1.51. The molecule has 8 heteroatoms. The van der Waals surface area contributed by atoms with Crippen molar-refractivity contribution in [3.8, 4) is 17.2 Å². The first kappa shape index (κ1) is 16.9. The molecule has 27 heavy (non-hydrogen) atoms. The van der Waals surface area contributed by atoms with Gasteiger partial charge in [-0.2, -0.15) is 10.1 Å². The quantitative estimate of drug-likeness (QED) is 0.686. The van der Waals surface area contributed by atoms with Crippen molar-refractivity contribution in [1.29, 1.82) is 0 Å². The Morgan fingerprint density at radius 2 is 1.89 bits per heavy atom. The zero-order valence-corrected chi connectivity index (χ0v) is 14.8. The summed E-state index contributed by atoms with van der Waals surface area (Å²) in [5.74, 6) is 3.09. The number of anilines is 4. The molecule has 2 aromatic carbocycles. The van der Waals surface area contributed by atoms with Crippen LogP contribution in [0.15, 0.2) is 48.7 Å². The Bertz CT molecular complexity index is 935. The summed E-state index contributed by atoms with van der Waals surface area (Å²) in [6.07, 6.45) is 1.55. The lowest BCUT2D eigenvalue weighted by molar-refractivity contribution is 0.171. The fourth-order valence-electron chi connectivity index (χ4n) is 2.66. The molecule has 0 saturated carbocycles. The van der Waals surface area contributed by atoms with Crippen LogP contribution in [0, 0.1) is 0 Å². The summed E-state index contributed by atoms with van der Waals surface area (Å²) in [5, 5.41) is 14.4. The molecule has 2 N–H and O–H groups in total. The molecule has 1 aliphatic heterocycles. The molecule has 0 fully saturated rings. The monoisotopic (exact) mass is 365 g/mol. The fraction of sp³-hybridized carbons (Fsp3) is 0.211. The molecule has 0 bridgehead atoms. The molecule has 0 unspecified atom stereocenters. The highest BCUT2D eigenvalue weighted by molar-refractivity contribution is 5.64. The van der Waals surface area contributed by atoms with Gasteiger partial charge in [0.25, 0.3) is 0 Å². The van der Waals surface area contributed by atoms with Gasteiger partial charge in [0.1, 0.15) is 19.0 Å². The molecule has 0 spiro atoms. The molecule has 1 aromatic heterocycles. The van der Waals surface area contributed by atoms with Gasteiger partial charge < -0.3 is 24.8 Å². The summed E-state index contributed by atoms with van der Waals surface area (Å²) in [6, 6.07) is 13.2. The van der Waals surface area contributed by atoms with Crippen molar-refractivity contribution in [3.05, 3.63) is 48.7 Å². The zero-order chi connectivity index (χ0) is 18.5. The first-order valence-corrected chi connectivity index (χ1v) is 8.67. The second-order valence-electron chi connectivity index (χ2n) is 5.70. The molecule has 0 amide bonds. The Hall–Kier alpha value is -3.55. The van der Waals surface area contributed by atoms with Gasteiger partial charge in [0, 0.05) is 11.8 Å².